The van der Waals surface area contributed by atoms with E-state index in [1.165, 1.54) is 23.6 Å². The maximum Gasteiger partial charge on any atom is 0.254 e. The molecule has 218 valence electrons. The summed E-state index contributed by atoms with van der Waals surface area (Å²) in [5.41, 5.74) is 9.84. The number of anilines is 2. The van der Waals surface area contributed by atoms with Crippen LogP contribution in [0.5, 0.6) is 0 Å². The molecule has 1 aliphatic rings. The number of nitrogens with two attached hydrogens (primary N) is 2. The number of aliphatic hydroxyl groups is 1. The molecule has 0 fully saturated rings. The van der Waals surface area contributed by atoms with Gasteiger partial charge >= 0.3 is 0 Å². The number of hydrogen-bond donors (Lipinski definition) is 4. The van der Waals surface area contributed by atoms with Gasteiger partial charge in [0.15, 0.2) is 0 Å². The molecule has 0 saturated carbocycles. The van der Waals surface area contributed by atoms with Gasteiger partial charge in [-0.05, 0) is 43.2 Å². The lowest BCUT2D eigenvalue weighted by Gasteiger charge is -2.23. The van der Waals surface area contributed by atoms with Crippen LogP contribution in [0, 0.1) is 5.92 Å². The van der Waals surface area contributed by atoms with Crippen molar-refractivity contribution in [3.05, 3.63) is 88.1 Å². The van der Waals surface area contributed by atoms with Crippen molar-refractivity contribution in [1.82, 2.24) is 24.3 Å². The fourth-order valence-electron chi connectivity index (χ4n) is 5.10. The van der Waals surface area contributed by atoms with Crippen LogP contribution in [0.1, 0.15) is 37.9 Å². The number of hydrazine groups is 1. The van der Waals surface area contributed by atoms with Crippen LogP contribution >= 0.6 is 11.6 Å². The molecule has 0 saturated heterocycles. The average Bonchev–Trinajstić information content (AvgIpc) is 3.34. The summed E-state index contributed by atoms with van der Waals surface area (Å²) in [7, 11) is 1.81. The average molecular weight is 590 g/mol. The van der Waals surface area contributed by atoms with Crippen LogP contribution < -0.4 is 27.5 Å². The highest BCUT2D eigenvalue weighted by Gasteiger charge is 2.24. The van der Waals surface area contributed by atoms with E-state index in [0.29, 0.717) is 52.6 Å². The quantitative estimate of drug-likeness (QED) is 0.202. The van der Waals surface area contributed by atoms with Crippen molar-refractivity contribution in [3.8, 4) is 22.5 Å². The first-order chi connectivity index (χ1) is 20.2. The van der Waals surface area contributed by atoms with Gasteiger partial charge in [0.25, 0.3) is 5.56 Å². The third-order valence-corrected chi connectivity index (χ3v) is 7.56. The van der Waals surface area contributed by atoms with Crippen LogP contribution in [0.3, 0.4) is 0 Å². The molecule has 4 aromatic rings. The van der Waals surface area contributed by atoms with E-state index < -0.39 is 6.04 Å². The number of nitrogens with zero attached hydrogens (tertiary/aromatic N) is 6. The van der Waals surface area contributed by atoms with Gasteiger partial charge in [-0.25, -0.2) is 10.8 Å². The van der Waals surface area contributed by atoms with E-state index in [1.807, 2.05) is 26.1 Å². The number of hydrogen-bond acceptors (Lipinski definition) is 9. The molecule has 0 aliphatic carbocycles. The molecule has 3 aromatic heterocycles. The normalized spacial score (nSPS) is 17.5. The Bertz CT molecular complexity index is 1710. The fourth-order valence-corrected chi connectivity index (χ4v) is 5.27. The van der Waals surface area contributed by atoms with Gasteiger partial charge in [-0.2, -0.15) is 5.10 Å². The molecule has 12 nitrogen and oxygen atoms in total. The number of halogens is 1. The Morgan fingerprint density at radius 2 is 2.02 bits per heavy atom. The fraction of sp³-hybridized carbons (Fsp3) is 0.276. The zero-order chi connectivity index (χ0) is 30.0. The van der Waals surface area contributed by atoms with Gasteiger partial charge in [0.1, 0.15) is 0 Å². The number of aromatic nitrogens is 5. The van der Waals surface area contributed by atoms with Crippen LogP contribution in [0.2, 0.25) is 5.02 Å². The Balaban J connectivity index is 1.58. The first-order valence-corrected chi connectivity index (χ1v) is 13.8. The number of aliphatic hydroxyl groups excluding tert-OH is 1. The Hall–Kier alpha value is -4.52. The minimum Gasteiger partial charge on any atom is -0.399 e. The molecular weight excluding hydrogens is 558 g/mol. The highest BCUT2D eigenvalue weighted by atomic mass is 35.5. The predicted molar refractivity (Wildman–Crippen MR) is 161 cm³/mol. The molecular formula is C29H32ClN9O3. The van der Waals surface area contributed by atoms with Crippen LogP contribution in [-0.4, -0.2) is 41.9 Å². The monoisotopic (exact) mass is 589 g/mol. The summed E-state index contributed by atoms with van der Waals surface area (Å²) in [5, 5.41) is 18.3. The molecule has 1 amide bonds. The number of pyridine rings is 1. The highest BCUT2D eigenvalue weighted by Crippen LogP contribution is 2.34. The number of benzene rings is 1. The molecule has 0 radical (unpaired) electrons. The maximum absolute atomic E-state index is 13.7. The van der Waals surface area contributed by atoms with Crippen molar-refractivity contribution >= 4 is 28.9 Å². The van der Waals surface area contributed by atoms with E-state index in [0.717, 1.165) is 11.3 Å². The largest absolute Gasteiger partial charge is 0.399 e. The van der Waals surface area contributed by atoms with Crippen LogP contribution in [0.15, 0.2) is 71.8 Å². The highest BCUT2D eigenvalue weighted by molar-refractivity contribution is 6.31. The molecule has 1 aromatic carbocycles. The number of carbonyl (C=O) groups is 1. The molecule has 13 heteroatoms. The van der Waals surface area contributed by atoms with Crippen molar-refractivity contribution in [1.29, 1.82) is 0 Å². The maximum atomic E-state index is 13.7. The third kappa shape index (κ3) is 5.91. The number of carbonyl (C=O) groups excluding carboxylic acids is 1. The first kappa shape index (κ1) is 29.0. The first-order valence-electron chi connectivity index (χ1n) is 13.4. The molecule has 5 rings (SSSR count). The van der Waals surface area contributed by atoms with Crippen molar-refractivity contribution in [3.63, 3.8) is 0 Å². The molecule has 2 atom stereocenters. The van der Waals surface area contributed by atoms with Gasteiger partial charge in [0.2, 0.25) is 5.91 Å². The van der Waals surface area contributed by atoms with Crippen molar-refractivity contribution in [2.75, 3.05) is 16.9 Å². The SMILES string of the molecule is CC1CCCC(n2cnc(-c3cc(Cl)ccc3N(N)/C=C(\N)CO)cc2=O)c2cc(ccn2)-c2c(cnn2C)NC1=O. The number of fused-ring (bicyclic) bond motifs is 4. The van der Waals surface area contributed by atoms with Gasteiger partial charge in [-0.3, -0.25) is 28.8 Å². The van der Waals surface area contributed by atoms with E-state index in [-0.39, 0.29) is 29.7 Å². The summed E-state index contributed by atoms with van der Waals surface area (Å²) in [5.74, 6) is 5.87. The van der Waals surface area contributed by atoms with Crippen molar-refractivity contribution in [2.45, 2.75) is 32.2 Å². The number of rotatable bonds is 5. The summed E-state index contributed by atoms with van der Waals surface area (Å²) in [4.78, 5) is 35.8. The Labute approximate surface area is 247 Å². The van der Waals surface area contributed by atoms with Gasteiger partial charge in [0, 0.05) is 47.6 Å². The van der Waals surface area contributed by atoms with Gasteiger partial charge < -0.3 is 16.2 Å². The summed E-state index contributed by atoms with van der Waals surface area (Å²) in [6.07, 6.45) is 8.08. The number of nitrogens with one attached hydrogen (secondary N) is 1. The summed E-state index contributed by atoms with van der Waals surface area (Å²) >= 11 is 6.29. The van der Waals surface area contributed by atoms with Gasteiger partial charge in [-0.1, -0.05) is 24.9 Å². The second kappa shape index (κ2) is 12.1. The topological polar surface area (TPSA) is 170 Å². The zero-order valence-corrected chi connectivity index (χ0v) is 24.0. The van der Waals surface area contributed by atoms with E-state index in [2.05, 4.69) is 20.4 Å². The summed E-state index contributed by atoms with van der Waals surface area (Å²) in [6.45, 7) is 1.52. The van der Waals surface area contributed by atoms with Crippen LogP contribution in [0.4, 0.5) is 11.4 Å². The van der Waals surface area contributed by atoms with Crippen LogP contribution in [-0.2, 0) is 11.8 Å². The molecule has 6 N–H and O–H groups in total. The van der Waals surface area contributed by atoms with Crippen molar-refractivity contribution < 1.29 is 9.90 Å². The van der Waals surface area contributed by atoms with Gasteiger partial charge in [0.05, 0.1) is 59.3 Å². The molecule has 4 heterocycles. The van der Waals surface area contributed by atoms with Gasteiger partial charge in [-0.15, -0.1) is 0 Å². The zero-order valence-electron chi connectivity index (χ0n) is 23.2. The van der Waals surface area contributed by atoms with Crippen LogP contribution in [0.25, 0.3) is 22.5 Å². The molecule has 0 spiro atoms. The molecule has 2 bridgehead atoms. The lowest BCUT2D eigenvalue weighted by Crippen LogP contribution is -2.28. The summed E-state index contributed by atoms with van der Waals surface area (Å²) in [6, 6.07) is 9.76. The smallest absolute Gasteiger partial charge is 0.254 e. The van der Waals surface area contributed by atoms with E-state index in [4.69, 9.17) is 23.2 Å². The minimum atomic E-state index is -0.428. The van der Waals surface area contributed by atoms with E-state index in [9.17, 15) is 14.7 Å². The third-order valence-electron chi connectivity index (χ3n) is 7.33. The predicted octanol–water partition coefficient (Wildman–Crippen LogP) is 3.18. The standard InChI is InChI=1S/C29H32ClN9O3/c1-17-4-3-5-26(23-10-18(8-9-33-23)28-24(36-29(17)42)13-35-37(28)2)38-16-34-22(12-27(38)41)21-11-19(30)6-7-25(21)39(32)14-20(31)15-40/h6-14,16-17,26,40H,3-5,15,31-32H2,1-2H3,(H,36,42)/b20-14-. The van der Waals surface area contributed by atoms with Crippen molar-refractivity contribution in [2.24, 2.45) is 24.5 Å². The Morgan fingerprint density at radius 1 is 1.21 bits per heavy atom. The number of aryl methyl sites for hydroxylation is 1. The molecule has 2 unspecified atom stereocenters. The Kier molecular flexibility index (Phi) is 8.39. The van der Waals surface area contributed by atoms with E-state index >= 15 is 0 Å². The summed E-state index contributed by atoms with van der Waals surface area (Å²) < 4.78 is 3.26. The second-order valence-electron chi connectivity index (χ2n) is 10.3. The number of amides is 1. The second-order valence-corrected chi connectivity index (χ2v) is 10.7. The lowest BCUT2D eigenvalue weighted by atomic mass is 9.97. The molecule has 42 heavy (non-hydrogen) atoms. The van der Waals surface area contributed by atoms with E-state index in [1.54, 1.807) is 39.8 Å². The minimum absolute atomic E-state index is 0.0827. The Morgan fingerprint density at radius 3 is 2.79 bits per heavy atom. The molecule has 1 aliphatic heterocycles. The lowest BCUT2D eigenvalue weighted by molar-refractivity contribution is -0.119.